The molecule has 2 aliphatic carbocycles. The van der Waals surface area contributed by atoms with E-state index >= 15 is 0 Å². The van der Waals surface area contributed by atoms with Crippen LogP contribution in [0.4, 0.5) is 4.79 Å². The maximum atomic E-state index is 13.9. The number of hydrogen-bond donors (Lipinski definition) is 2. The minimum atomic E-state index is -0.672. The lowest BCUT2D eigenvalue weighted by atomic mass is 9.95. The minimum absolute atomic E-state index is 0.0600. The van der Waals surface area contributed by atoms with Crippen LogP contribution in [0.25, 0.3) is 33.3 Å². The number of piperidine rings is 1. The van der Waals surface area contributed by atoms with Crippen LogP contribution in [0, 0.1) is 11.8 Å². The third kappa shape index (κ3) is 4.04. The first-order valence-electron chi connectivity index (χ1n) is 14.3. The van der Waals surface area contributed by atoms with Crippen molar-refractivity contribution >= 4 is 28.8 Å². The maximum absolute atomic E-state index is 13.9. The Hall–Kier alpha value is -4.46. The van der Waals surface area contributed by atoms with Gasteiger partial charge in [0.15, 0.2) is 5.78 Å². The molecule has 4 aromatic rings. The molecule has 4 unspecified atom stereocenters. The second-order valence-corrected chi connectivity index (χ2v) is 11.8. The van der Waals surface area contributed by atoms with Crippen LogP contribution in [-0.2, 0) is 9.53 Å². The molecule has 3 aromatic carbocycles. The number of alkyl carbamates (subject to hydrolysis) is 1. The van der Waals surface area contributed by atoms with E-state index in [1.54, 1.807) is 0 Å². The third-order valence-electron chi connectivity index (χ3n) is 9.07. The van der Waals surface area contributed by atoms with E-state index in [-0.39, 0.29) is 29.7 Å². The number of nitrogens with zero attached hydrogens (tertiary/aromatic N) is 2. The number of aromatic nitrogens is 2. The summed E-state index contributed by atoms with van der Waals surface area (Å²) < 4.78 is 4.79. The lowest BCUT2D eigenvalue weighted by Crippen LogP contribution is -2.54. The third-order valence-corrected chi connectivity index (χ3v) is 9.07. The molecule has 8 heteroatoms. The number of ketones is 1. The summed E-state index contributed by atoms with van der Waals surface area (Å²) in [6.45, 7) is 3.85. The van der Waals surface area contributed by atoms with Crippen molar-refractivity contribution in [1.82, 2.24) is 20.2 Å². The summed E-state index contributed by atoms with van der Waals surface area (Å²) in [6, 6.07) is 19.2. The van der Waals surface area contributed by atoms with Crippen LogP contribution in [0.2, 0.25) is 0 Å². The Kier molecular flexibility index (Phi) is 5.96. The van der Waals surface area contributed by atoms with E-state index in [1.165, 1.54) is 7.11 Å². The predicted octanol–water partition coefficient (Wildman–Crippen LogP) is 5.87. The van der Waals surface area contributed by atoms with E-state index in [0.29, 0.717) is 5.92 Å². The Balaban J connectivity index is 1.21. The molecule has 0 radical (unpaired) electrons. The first kappa shape index (κ1) is 25.5. The molecule has 1 aliphatic heterocycles. The number of H-pyrrole nitrogens is 1. The van der Waals surface area contributed by atoms with Gasteiger partial charge in [-0.2, -0.15) is 0 Å². The number of imidazole rings is 1. The number of methoxy groups -OCH3 is 1. The molecule has 0 spiro atoms. The highest BCUT2D eigenvalue weighted by molar-refractivity contribution is 6.22. The van der Waals surface area contributed by atoms with Crippen molar-refractivity contribution < 1.29 is 19.1 Å². The molecule has 2 heterocycles. The SMILES string of the molecule is COC(=O)NC(C(=O)N1C2CCC(C2)C1c1nc2ccc(-c3ccc4c(c3)C(=O)c3ccccc3-4)cc2[nH]1)C(C)C. The van der Waals surface area contributed by atoms with E-state index in [4.69, 9.17) is 9.72 Å². The molecular formula is C33H32N4O4. The summed E-state index contributed by atoms with van der Waals surface area (Å²) in [5, 5.41) is 2.75. The molecule has 7 rings (SSSR count). The Morgan fingerprint density at radius 2 is 1.71 bits per heavy atom. The lowest BCUT2D eigenvalue weighted by molar-refractivity contribution is -0.139. The van der Waals surface area contributed by atoms with Gasteiger partial charge in [0.05, 0.1) is 24.2 Å². The van der Waals surface area contributed by atoms with Crippen LogP contribution in [0.5, 0.6) is 0 Å². The lowest BCUT2D eigenvalue weighted by Gasteiger charge is -2.37. The predicted molar refractivity (Wildman–Crippen MR) is 155 cm³/mol. The zero-order valence-electron chi connectivity index (χ0n) is 23.3. The normalized spacial score (nSPS) is 21.3. The fourth-order valence-electron chi connectivity index (χ4n) is 7.07. The number of likely N-dealkylation sites (tertiary alicyclic amines) is 1. The van der Waals surface area contributed by atoms with Gasteiger partial charge in [0, 0.05) is 17.2 Å². The molecule has 3 aliphatic rings. The highest BCUT2D eigenvalue weighted by atomic mass is 16.5. The van der Waals surface area contributed by atoms with Crippen molar-refractivity contribution in [2.75, 3.05) is 7.11 Å². The second kappa shape index (κ2) is 9.58. The molecule has 2 N–H and O–H groups in total. The van der Waals surface area contributed by atoms with E-state index in [1.807, 2.05) is 67.3 Å². The Labute approximate surface area is 238 Å². The number of hydrogen-bond acceptors (Lipinski definition) is 5. The van der Waals surface area contributed by atoms with Crippen LogP contribution < -0.4 is 5.32 Å². The molecule has 2 fully saturated rings. The van der Waals surface area contributed by atoms with Gasteiger partial charge in [-0.1, -0.05) is 56.3 Å². The van der Waals surface area contributed by atoms with Crippen LogP contribution in [0.15, 0.2) is 60.7 Å². The van der Waals surface area contributed by atoms with Gasteiger partial charge in [0.25, 0.3) is 0 Å². The number of benzene rings is 3. The van der Waals surface area contributed by atoms with Crippen LogP contribution in [0.3, 0.4) is 0 Å². The molecule has 2 amide bonds. The monoisotopic (exact) mass is 548 g/mol. The fourth-order valence-corrected chi connectivity index (χ4v) is 7.07. The number of nitrogens with one attached hydrogen (secondary N) is 2. The fraction of sp³-hybridized carbons (Fsp3) is 0.333. The van der Waals surface area contributed by atoms with Gasteiger partial charge < -0.3 is 19.9 Å². The molecule has 8 nitrogen and oxygen atoms in total. The molecule has 4 atom stereocenters. The first-order chi connectivity index (χ1) is 19.8. The summed E-state index contributed by atoms with van der Waals surface area (Å²) in [7, 11) is 1.31. The highest BCUT2D eigenvalue weighted by Crippen LogP contribution is 2.50. The van der Waals surface area contributed by atoms with Gasteiger partial charge in [-0.25, -0.2) is 9.78 Å². The second-order valence-electron chi connectivity index (χ2n) is 11.8. The van der Waals surface area contributed by atoms with Crippen molar-refractivity contribution in [1.29, 1.82) is 0 Å². The molecular weight excluding hydrogens is 516 g/mol. The number of rotatable bonds is 5. The van der Waals surface area contributed by atoms with Gasteiger partial charge >= 0.3 is 6.09 Å². The number of ether oxygens (including phenoxy) is 1. The van der Waals surface area contributed by atoms with Gasteiger partial charge in [0.2, 0.25) is 5.91 Å². The van der Waals surface area contributed by atoms with Crippen LogP contribution in [0.1, 0.15) is 60.9 Å². The number of fused-ring (bicyclic) bond motifs is 6. The summed E-state index contributed by atoms with van der Waals surface area (Å²) in [5.41, 5.74) is 7.11. The summed E-state index contributed by atoms with van der Waals surface area (Å²) in [5.74, 6) is 0.973. The van der Waals surface area contributed by atoms with Gasteiger partial charge in [-0.15, -0.1) is 0 Å². The average molecular weight is 549 g/mol. The molecule has 41 heavy (non-hydrogen) atoms. The largest absolute Gasteiger partial charge is 0.453 e. The van der Waals surface area contributed by atoms with E-state index < -0.39 is 12.1 Å². The number of carbonyl (C=O) groups is 3. The smallest absolute Gasteiger partial charge is 0.407 e. The van der Waals surface area contributed by atoms with Gasteiger partial charge in [-0.3, -0.25) is 9.59 Å². The van der Waals surface area contributed by atoms with E-state index in [2.05, 4.69) is 22.4 Å². The van der Waals surface area contributed by atoms with Crippen molar-refractivity contribution in [3.05, 3.63) is 77.6 Å². The standard InChI is InChI=1S/C33H32N4O4/c1-17(2)28(36-33(40)41-3)32(39)37-21-11-8-20(14-21)29(37)31-34-26-13-10-19(16-27(26)35-31)18-9-12-23-22-6-4-5-7-24(22)30(38)25(23)15-18/h4-7,9-10,12-13,15-17,20-21,28-29H,8,11,14H2,1-3H3,(H,34,35)(H,36,40). The summed E-state index contributed by atoms with van der Waals surface area (Å²) in [4.78, 5) is 49.4. The van der Waals surface area contributed by atoms with Crippen LogP contribution in [-0.4, -0.2) is 51.8 Å². The Morgan fingerprint density at radius 3 is 2.49 bits per heavy atom. The summed E-state index contributed by atoms with van der Waals surface area (Å²) >= 11 is 0. The number of amides is 2. The molecule has 1 saturated heterocycles. The first-order valence-corrected chi connectivity index (χ1v) is 14.3. The number of aromatic amines is 1. The minimum Gasteiger partial charge on any atom is -0.453 e. The van der Waals surface area contributed by atoms with Gasteiger partial charge in [-0.05, 0) is 71.6 Å². The summed E-state index contributed by atoms with van der Waals surface area (Å²) in [6.07, 6.45) is 2.34. The van der Waals surface area contributed by atoms with Gasteiger partial charge in [0.1, 0.15) is 11.9 Å². The molecule has 2 bridgehead atoms. The Morgan fingerprint density at radius 1 is 0.976 bits per heavy atom. The zero-order chi connectivity index (χ0) is 28.4. The van der Waals surface area contributed by atoms with Crippen molar-refractivity contribution in [2.24, 2.45) is 11.8 Å². The quantitative estimate of drug-likeness (QED) is 0.286. The number of carbonyl (C=O) groups excluding carboxylic acids is 3. The van der Waals surface area contributed by atoms with Crippen molar-refractivity contribution in [2.45, 2.75) is 51.2 Å². The Bertz CT molecular complexity index is 1720. The zero-order valence-corrected chi connectivity index (χ0v) is 23.3. The van der Waals surface area contributed by atoms with Crippen molar-refractivity contribution in [3.8, 4) is 22.3 Å². The van der Waals surface area contributed by atoms with E-state index in [9.17, 15) is 14.4 Å². The highest BCUT2D eigenvalue weighted by Gasteiger charge is 2.51. The molecule has 1 saturated carbocycles. The van der Waals surface area contributed by atoms with Crippen molar-refractivity contribution in [3.63, 3.8) is 0 Å². The topological polar surface area (TPSA) is 104 Å². The average Bonchev–Trinajstić information content (AvgIpc) is 3.77. The molecule has 1 aromatic heterocycles. The maximum Gasteiger partial charge on any atom is 0.407 e. The molecule has 208 valence electrons. The van der Waals surface area contributed by atoms with E-state index in [0.717, 1.165) is 69.5 Å². The van der Waals surface area contributed by atoms with Crippen LogP contribution >= 0.6 is 0 Å².